The SMILES string of the molecule is CC(C)c1nsc(Oc2cccc3c2NCCC3)n1. The van der Waals surface area contributed by atoms with Crippen LogP contribution in [0.1, 0.15) is 37.6 Å². The minimum absolute atomic E-state index is 0.330. The molecule has 0 atom stereocenters. The normalized spacial score (nSPS) is 14.1. The summed E-state index contributed by atoms with van der Waals surface area (Å²) in [6, 6.07) is 6.16. The molecule has 1 aliphatic heterocycles. The number of benzene rings is 1. The predicted molar refractivity (Wildman–Crippen MR) is 77.3 cm³/mol. The first-order valence-electron chi connectivity index (χ1n) is 6.61. The Bertz CT molecular complexity index is 580. The molecule has 100 valence electrons. The maximum Gasteiger partial charge on any atom is 0.298 e. The van der Waals surface area contributed by atoms with Gasteiger partial charge in [0.15, 0.2) is 5.75 Å². The fraction of sp³-hybridized carbons (Fsp3) is 0.429. The molecule has 0 unspecified atom stereocenters. The second-order valence-electron chi connectivity index (χ2n) is 5.00. The first-order valence-corrected chi connectivity index (χ1v) is 7.38. The van der Waals surface area contributed by atoms with Gasteiger partial charge < -0.3 is 10.1 Å². The number of fused-ring (bicyclic) bond motifs is 1. The van der Waals surface area contributed by atoms with Crippen LogP contribution in [0.5, 0.6) is 10.9 Å². The van der Waals surface area contributed by atoms with Gasteiger partial charge in [-0.05, 0) is 24.5 Å². The Morgan fingerprint density at radius 1 is 1.37 bits per heavy atom. The van der Waals surface area contributed by atoms with Crippen molar-refractivity contribution >= 4 is 17.2 Å². The first-order chi connectivity index (χ1) is 9.24. The van der Waals surface area contributed by atoms with E-state index in [2.05, 4.69) is 34.6 Å². The topological polar surface area (TPSA) is 47.0 Å². The number of anilines is 1. The molecule has 0 saturated heterocycles. The van der Waals surface area contributed by atoms with E-state index in [-0.39, 0.29) is 0 Å². The Labute approximate surface area is 117 Å². The minimum Gasteiger partial charge on any atom is -0.428 e. The number of nitrogens with one attached hydrogen (secondary N) is 1. The summed E-state index contributed by atoms with van der Waals surface area (Å²) in [7, 11) is 0. The highest BCUT2D eigenvalue weighted by atomic mass is 32.1. The van der Waals surface area contributed by atoms with E-state index >= 15 is 0 Å². The summed E-state index contributed by atoms with van der Waals surface area (Å²) in [6.07, 6.45) is 2.28. The van der Waals surface area contributed by atoms with Gasteiger partial charge in [-0.15, -0.1) is 0 Å². The van der Waals surface area contributed by atoms with E-state index in [0.717, 1.165) is 30.2 Å². The molecule has 1 aromatic heterocycles. The first kappa shape index (κ1) is 12.4. The van der Waals surface area contributed by atoms with Crippen LogP contribution in [0.4, 0.5) is 5.69 Å². The summed E-state index contributed by atoms with van der Waals surface area (Å²) >= 11 is 1.31. The Kier molecular flexibility index (Phi) is 3.38. The second-order valence-corrected chi connectivity index (χ2v) is 5.71. The highest BCUT2D eigenvalue weighted by Crippen LogP contribution is 2.35. The molecule has 3 rings (SSSR count). The van der Waals surface area contributed by atoms with Crippen molar-refractivity contribution in [2.75, 3.05) is 11.9 Å². The lowest BCUT2D eigenvalue weighted by atomic mass is 10.0. The van der Waals surface area contributed by atoms with Crippen LogP contribution in [0.2, 0.25) is 0 Å². The highest BCUT2D eigenvalue weighted by molar-refractivity contribution is 7.07. The minimum atomic E-state index is 0.330. The molecule has 0 fully saturated rings. The molecule has 2 aromatic rings. The smallest absolute Gasteiger partial charge is 0.298 e. The van der Waals surface area contributed by atoms with Crippen molar-refractivity contribution in [1.29, 1.82) is 0 Å². The average molecular weight is 275 g/mol. The predicted octanol–water partition coefficient (Wildman–Crippen LogP) is 3.81. The molecule has 1 N–H and O–H groups in total. The maximum atomic E-state index is 5.89. The number of rotatable bonds is 3. The van der Waals surface area contributed by atoms with E-state index in [9.17, 15) is 0 Å². The van der Waals surface area contributed by atoms with Crippen LogP contribution in [0.3, 0.4) is 0 Å². The molecule has 0 amide bonds. The van der Waals surface area contributed by atoms with Gasteiger partial charge in [0.25, 0.3) is 5.19 Å². The van der Waals surface area contributed by atoms with Crippen molar-refractivity contribution in [2.45, 2.75) is 32.6 Å². The lowest BCUT2D eigenvalue weighted by Gasteiger charge is -2.20. The molecule has 4 nitrogen and oxygen atoms in total. The fourth-order valence-corrected chi connectivity index (χ4v) is 2.84. The Balaban J connectivity index is 1.86. The summed E-state index contributed by atoms with van der Waals surface area (Å²) in [6.45, 7) is 5.16. The summed E-state index contributed by atoms with van der Waals surface area (Å²) in [5.41, 5.74) is 2.42. The van der Waals surface area contributed by atoms with Crippen LogP contribution >= 0.6 is 11.5 Å². The highest BCUT2D eigenvalue weighted by Gasteiger charge is 2.16. The largest absolute Gasteiger partial charge is 0.428 e. The van der Waals surface area contributed by atoms with Crippen molar-refractivity contribution in [2.24, 2.45) is 0 Å². The summed E-state index contributed by atoms with van der Waals surface area (Å²) < 4.78 is 10.2. The molecule has 1 aliphatic rings. The van der Waals surface area contributed by atoms with Gasteiger partial charge in [0.05, 0.1) is 5.69 Å². The zero-order valence-electron chi connectivity index (χ0n) is 11.1. The Morgan fingerprint density at radius 3 is 3.05 bits per heavy atom. The summed E-state index contributed by atoms with van der Waals surface area (Å²) in [4.78, 5) is 4.41. The van der Waals surface area contributed by atoms with Gasteiger partial charge in [-0.1, -0.05) is 26.0 Å². The number of hydrogen-bond donors (Lipinski definition) is 1. The lowest BCUT2D eigenvalue weighted by molar-refractivity contribution is 0.476. The van der Waals surface area contributed by atoms with Gasteiger partial charge in [0, 0.05) is 24.0 Å². The van der Waals surface area contributed by atoms with E-state index in [4.69, 9.17) is 4.74 Å². The van der Waals surface area contributed by atoms with Crippen molar-refractivity contribution in [1.82, 2.24) is 9.36 Å². The van der Waals surface area contributed by atoms with Crippen molar-refractivity contribution in [3.8, 4) is 10.9 Å². The fourth-order valence-electron chi connectivity index (χ4n) is 2.15. The molecule has 0 saturated carbocycles. The van der Waals surface area contributed by atoms with E-state index in [1.54, 1.807) is 0 Å². The van der Waals surface area contributed by atoms with E-state index in [1.807, 2.05) is 12.1 Å². The molecular formula is C14H17N3OS. The monoisotopic (exact) mass is 275 g/mol. The standard InChI is InChI=1S/C14H17N3OS/c1-9(2)13-16-14(19-17-13)18-11-7-3-5-10-6-4-8-15-12(10)11/h3,5,7,9,15H,4,6,8H2,1-2H3. The molecule has 5 heteroatoms. The number of aryl methyl sites for hydroxylation is 1. The third-order valence-corrected chi connectivity index (χ3v) is 3.78. The maximum absolute atomic E-state index is 5.89. The summed E-state index contributed by atoms with van der Waals surface area (Å²) in [5, 5.41) is 4.03. The number of nitrogens with zero attached hydrogens (tertiary/aromatic N) is 2. The lowest BCUT2D eigenvalue weighted by Crippen LogP contribution is -2.12. The summed E-state index contributed by atoms with van der Waals surface area (Å²) in [5.74, 6) is 2.03. The molecule has 0 bridgehead atoms. The van der Waals surface area contributed by atoms with Crippen LogP contribution in [-0.4, -0.2) is 15.9 Å². The van der Waals surface area contributed by atoms with Gasteiger partial charge in [-0.2, -0.15) is 9.36 Å². The Morgan fingerprint density at radius 2 is 2.26 bits per heavy atom. The third-order valence-electron chi connectivity index (χ3n) is 3.17. The van der Waals surface area contributed by atoms with Crippen LogP contribution in [-0.2, 0) is 6.42 Å². The van der Waals surface area contributed by atoms with E-state index < -0.39 is 0 Å². The van der Waals surface area contributed by atoms with Gasteiger partial charge in [-0.25, -0.2) is 0 Å². The quantitative estimate of drug-likeness (QED) is 0.925. The van der Waals surface area contributed by atoms with Gasteiger partial charge in [0.2, 0.25) is 0 Å². The number of para-hydroxylation sites is 1. The number of hydrogen-bond acceptors (Lipinski definition) is 5. The van der Waals surface area contributed by atoms with Crippen molar-refractivity contribution in [3.63, 3.8) is 0 Å². The van der Waals surface area contributed by atoms with E-state index in [1.165, 1.54) is 23.5 Å². The molecule has 1 aromatic carbocycles. The van der Waals surface area contributed by atoms with Crippen LogP contribution < -0.4 is 10.1 Å². The second kappa shape index (κ2) is 5.17. The van der Waals surface area contributed by atoms with Gasteiger partial charge in [-0.3, -0.25) is 0 Å². The molecular weight excluding hydrogens is 258 g/mol. The molecule has 0 spiro atoms. The molecule has 0 aliphatic carbocycles. The van der Waals surface area contributed by atoms with Gasteiger partial charge in [0.1, 0.15) is 5.82 Å². The van der Waals surface area contributed by atoms with Crippen LogP contribution in [0, 0.1) is 0 Å². The van der Waals surface area contributed by atoms with Crippen molar-refractivity contribution in [3.05, 3.63) is 29.6 Å². The van der Waals surface area contributed by atoms with Crippen molar-refractivity contribution < 1.29 is 4.74 Å². The zero-order valence-corrected chi connectivity index (χ0v) is 12.0. The van der Waals surface area contributed by atoms with Crippen LogP contribution in [0.15, 0.2) is 18.2 Å². The average Bonchev–Trinajstić information content (AvgIpc) is 2.88. The molecule has 19 heavy (non-hydrogen) atoms. The number of ether oxygens (including phenoxy) is 1. The zero-order chi connectivity index (χ0) is 13.2. The third kappa shape index (κ3) is 2.56. The molecule has 2 heterocycles. The van der Waals surface area contributed by atoms with Crippen LogP contribution in [0.25, 0.3) is 0 Å². The van der Waals surface area contributed by atoms with Gasteiger partial charge >= 0.3 is 0 Å². The Hall–Kier alpha value is -1.62. The number of aromatic nitrogens is 2. The van der Waals surface area contributed by atoms with E-state index in [0.29, 0.717) is 11.1 Å². The molecule has 0 radical (unpaired) electrons.